The largest absolute Gasteiger partial charge is 0.497 e. The number of para-hydroxylation sites is 1. The Morgan fingerprint density at radius 3 is 2.42 bits per heavy atom. The number of methoxy groups -OCH3 is 2. The number of hydrogen-bond donors (Lipinski definition) is 0. The number of benzene rings is 3. The molecule has 0 N–H and O–H groups in total. The zero-order valence-corrected chi connectivity index (χ0v) is 27.6. The van der Waals surface area contributed by atoms with E-state index in [0.717, 1.165) is 5.69 Å². The quantitative estimate of drug-likeness (QED) is 0.122. The van der Waals surface area contributed by atoms with Gasteiger partial charge in [0.05, 0.1) is 52.8 Å². The highest BCUT2D eigenvalue weighted by molar-refractivity contribution is 7.07. The van der Waals surface area contributed by atoms with Gasteiger partial charge in [-0.3, -0.25) is 19.5 Å². The summed E-state index contributed by atoms with van der Waals surface area (Å²) in [4.78, 5) is 44.2. The maximum absolute atomic E-state index is 14.3. The molecule has 0 saturated carbocycles. The fourth-order valence-corrected chi connectivity index (χ4v) is 6.55. The highest BCUT2D eigenvalue weighted by Gasteiger charge is 2.34. The van der Waals surface area contributed by atoms with Gasteiger partial charge in [0.25, 0.3) is 5.56 Å². The molecule has 0 radical (unpaired) electrons. The summed E-state index contributed by atoms with van der Waals surface area (Å²) >= 11 is 1.17. The van der Waals surface area contributed by atoms with Gasteiger partial charge < -0.3 is 14.2 Å². The number of rotatable bonds is 9. The number of carbonyl (C=O) groups is 1. The van der Waals surface area contributed by atoms with Gasteiger partial charge >= 0.3 is 11.7 Å². The van der Waals surface area contributed by atoms with Crippen LogP contribution in [0.1, 0.15) is 37.9 Å². The van der Waals surface area contributed by atoms with Crippen LogP contribution in [0.2, 0.25) is 0 Å². The molecule has 1 aliphatic rings. The van der Waals surface area contributed by atoms with E-state index in [-0.39, 0.29) is 28.7 Å². The lowest BCUT2D eigenvalue weighted by atomic mass is 9.96. The number of nitro benzene ring substituents is 1. The molecule has 13 heteroatoms. The number of carbonyl (C=O) groups excluding carboxylic acids is 1. The summed E-state index contributed by atoms with van der Waals surface area (Å²) in [6.45, 7) is 5.25. The molecule has 3 aromatic carbocycles. The predicted octanol–water partition coefficient (Wildman–Crippen LogP) is 4.96. The lowest BCUT2D eigenvalue weighted by Crippen LogP contribution is -2.40. The first-order valence-corrected chi connectivity index (χ1v) is 15.8. The first kappa shape index (κ1) is 32.1. The summed E-state index contributed by atoms with van der Waals surface area (Å²) in [6.07, 6.45) is 3.07. The molecule has 48 heavy (non-hydrogen) atoms. The van der Waals surface area contributed by atoms with E-state index < -0.39 is 16.9 Å². The minimum Gasteiger partial charge on any atom is -0.497 e. The molecule has 6 rings (SSSR count). The zero-order chi connectivity index (χ0) is 34.1. The molecule has 3 heterocycles. The van der Waals surface area contributed by atoms with Crippen molar-refractivity contribution in [2.45, 2.75) is 32.9 Å². The smallest absolute Gasteiger partial charge is 0.338 e. The van der Waals surface area contributed by atoms with E-state index in [4.69, 9.17) is 19.3 Å². The minimum atomic E-state index is -0.809. The Morgan fingerprint density at radius 1 is 1.04 bits per heavy atom. The van der Waals surface area contributed by atoms with E-state index >= 15 is 0 Å². The standard InChI is InChI=1S/C35H31N5O7S/c1-20(2)47-34(42)30-21(3)36-35-39(32(30)22-11-14-26(45-4)15-12-22)33(41)29(48-35)18-24-19-38(25-9-7-6-8-10-25)37-31(24)23-13-16-28(46-5)27(17-23)40(43)44/h6-20,32H,1-5H3/b29-18-/t32-/m0/s1. The Balaban J connectivity index is 1.56. The summed E-state index contributed by atoms with van der Waals surface area (Å²) in [6, 6.07) is 20.3. The summed E-state index contributed by atoms with van der Waals surface area (Å²) in [5, 5.41) is 16.6. The molecule has 1 aliphatic heterocycles. The lowest BCUT2D eigenvalue weighted by molar-refractivity contribution is -0.385. The summed E-state index contributed by atoms with van der Waals surface area (Å²) < 4.78 is 19.6. The molecule has 0 unspecified atom stereocenters. The Kier molecular flexibility index (Phi) is 8.78. The molecule has 1 atom stereocenters. The van der Waals surface area contributed by atoms with Gasteiger partial charge in [0.1, 0.15) is 11.4 Å². The van der Waals surface area contributed by atoms with Crippen molar-refractivity contribution in [1.82, 2.24) is 14.3 Å². The fourth-order valence-electron chi connectivity index (χ4n) is 5.51. The Labute approximate surface area is 278 Å². The number of ether oxygens (including phenoxy) is 3. The number of esters is 1. The van der Waals surface area contributed by atoms with Gasteiger partial charge in [-0.05, 0) is 68.8 Å². The van der Waals surface area contributed by atoms with Gasteiger partial charge in [0.15, 0.2) is 10.6 Å². The van der Waals surface area contributed by atoms with Crippen molar-refractivity contribution in [1.29, 1.82) is 0 Å². The SMILES string of the molecule is COc1ccc([C@H]2C(C(=O)OC(C)C)=C(C)N=c3s/c(=C\c4cn(-c5ccccc5)nc4-c4ccc(OC)c([N+](=O)[O-])c4)c(=O)n32)cc1. The van der Waals surface area contributed by atoms with E-state index in [1.54, 1.807) is 75.2 Å². The van der Waals surface area contributed by atoms with Crippen molar-refractivity contribution >= 4 is 29.1 Å². The molecule has 5 aromatic rings. The number of nitro groups is 1. The molecule has 0 spiro atoms. The van der Waals surface area contributed by atoms with Crippen LogP contribution in [0.15, 0.2) is 100 Å². The van der Waals surface area contributed by atoms with Crippen LogP contribution < -0.4 is 24.4 Å². The molecule has 0 bridgehead atoms. The third-order valence-corrected chi connectivity index (χ3v) is 8.70. The third-order valence-electron chi connectivity index (χ3n) is 7.71. The molecule has 0 amide bonds. The van der Waals surface area contributed by atoms with Crippen molar-refractivity contribution in [3.63, 3.8) is 0 Å². The van der Waals surface area contributed by atoms with Gasteiger partial charge in [-0.15, -0.1) is 0 Å². The van der Waals surface area contributed by atoms with Gasteiger partial charge in [-0.1, -0.05) is 41.7 Å². The third kappa shape index (κ3) is 6.02. The van der Waals surface area contributed by atoms with Crippen LogP contribution >= 0.6 is 11.3 Å². The number of fused-ring (bicyclic) bond motifs is 1. The van der Waals surface area contributed by atoms with Crippen molar-refractivity contribution in [2.75, 3.05) is 14.2 Å². The topological polar surface area (TPSA) is 140 Å². The van der Waals surface area contributed by atoms with Crippen molar-refractivity contribution in [3.8, 4) is 28.4 Å². The number of allylic oxidation sites excluding steroid dienone is 1. The van der Waals surface area contributed by atoms with Crippen LogP contribution in [0.5, 0.6) is 11.5 Å². The number of aromatic nitrogens is 3. The van der Waals surface area contributed by atoms with Crippen molar-refractivity contribution < 1.29 is 23.9 Å². The summed E-state index contributed by atoms with van der Waals surface area (Å²) in [7, 11) is 2.93. The monoisotopic (exact) mass is 665 g/mol. The van der Waals surface area contributed by atoms with Gasteiger partial charge in [0.2, 0.25) is 0 Å². The van der Waals surface area contributed by atoms with Gasteiger partial charge in [-0.2, -0.15) is 5.10 Å². The van der Waals surface area contributed by atoms with E-state index in [0.29, 0.717) is 43.2 Å². The van der Waals surface area contributed by atoms with Gasteiger partial charge in [0, 0.05) is 23.4 Å². The van der Waals surface area contributed by atoms with Crippen molar-refractivity contribution in [2.24, 2.45) is 4.99 Å². The molecule has 0 fully saturated rings. The fraction of sp³-hybridized carbons (Fsp3) is 0.200. The predicted molar refractivity (Wildman–Crippen MR) is 180 cm³/mol. The van der Waals surface area contributed by atoms with Crippen LogP contribution in [-0.2, 0) is 9.53 Å². The highest BCUT2D eigenvalue weighted by atomic mass is 32.1. The number of thiazole rings is 1. The minimum absolute atomic E-state index is 0.113. The molecular weight excluding hydrogens is 634 g/mol. The first-order chi connectivity index (χ1) is 23.1. The average Bonchev–Trinajstić information content (AvgIpc) is 3.64. The Hall–Kier alpha value is -5.82. The number of nitrogens with zero attached hydrogens (tertiary/aromatic N) is 5. The second-order valence-corrected chi connectivity index (χ2v) is 12.2. The maximum Gasteiger partial charge on any atom is 0.338 e. The summed E-state index contributed by atoms with van der Waals surface area (Å²) in [5.74, 6) is 0.176. The molecular formula is C35H31N5O7S. The first-order valence-electron chi connectivity index (χ1n) is 14.9. The van der Waals surface area contributed by atoms with E-state index in [2.05, 4.69) is 4.99 Å². The van der Waals surface area contributed by atoms with Crippen LogP contribution in [0.4, 0.5) is 5.69 Å². The van der Waals surface area contributed by atoms with Crippen LogP contribution in [0, 0.1) is 10.1 Å². The van der Waals surface area contributed by atoms with Gasteiger partial charge in [-0.25, -0.2) is 14.5 Å². The van der Waals surface area contributed by atoms with E-state index in [1.165, 1.54) is 35.1 Å². The molecule has 0 saturated heterocycles. The molecule has 244 valence electrons. The van der Waals surface area contributed by atoms with Crippen LogP contribution in [0.25, 0.3) is 23.0 Å². The lowest BCUT2D eigenvalue weighted by Gasteiger charge is -2.25. The molecule has 0 aliphatic carbocycles. The van der Waals surface area contributed by atoms with Crippen molar-refractivity contribution in [3.05, 3.63) is 131 Å². The highest BCUT2D eigenvalue weighted by Crippen LogP contribution is 2.34. The maximum atomic E-state index is 14.3. The second kappa shape index (κ2) is 13.1. The van der Waals surface area contributed by atoms with Crippen LogP contribution in [-0.4, -0.2) is 45.6 Å². The second-order valence-electron chi connectivity index (χ2n) is 11.2. The normalized spacial score (nSPS) is 14.5. The van der Waals surface area contributed by atoms with E-state index in [9.17, 15) is 19.7 Å². The Bertz CT molecular complexity index is 2250. The average molecular weight is 666 g/mol. The van der Waals surface area contributed by atoms with Crippen LogP contribution in [0.3, 0.4) is 0 Å². The zero-order valence-electron chi connectivity index (χ0n) is 26.7. The summed E-state index contributed by atoms with van der Waals surface area (Å²) in [5.41, 5.74) is 2.96. The Morgan fingerprint density at radius 2 is 1.77 bits per heavy atom. The van der Waals surface area contributed by atoms with E-state index in [1.807, 2.05) is 30.3 Å². The number of hydrogen-bond acceptors (Lipinski definition) is 10. The molecule has 12 nitrogen and oxygen atoms in total. The molecule has 2 aromatic heterocycles.